The zero-order valence-electron chi connectivity index (χ0n) is 10.3. The lowest BCUT2D eigenvalue weighted by molar-refractivity contribution is -0.126. The Hall–Kier alpha value is -1.88. The highest BCUT2D eigenvalue weighted by Gasteiger charge is 2.24. The second kappa shape index (κ2) is 5.01. The van der Waals surface area contributed by atoms with Gasteiger partial charge in [-0.05, 0) is 41.5 Å². The highest BCUT2D eigenvalue weighted by atomic mass is 32.1. The average Bonchev–Trinajstić information content (AvgIpc) is 2.87. The summed E-state index contributed by atoms with van der Waals surface area (Å²) in [5.41, 5.74) is 0.813. The van der Waals surface area contributed by atoms with E-state index >= 15 is 0 Å². The molecule has 0 aliphatic carbocycles. The molecule has 19 heavy (non-hydrogen) atoms. The van der Waals surface area contributed by atoms with Crippen LogP contribution >= 0.6 is 11.3 Å². The third kappa shape index (κ3) is 2.61. The molecule has 2 heterocycles. The number of anilines is 1. The van der Waals surface area contributed by atoms with Crippen LogP contribution in [0.3, 0.4) is 0 Å². The summed E-state index contributed by atoms with van der Waals surface area (Å²) in [5.74, 6) is -0.116. The summed E-state index contributed by atoms with van der Waals surface area (Å²) in [6, 6.07) is 7.94. The zero-order chi connectivity index (χ0) is 13.2. The fraction of sp³-hybridized carbons (Fsp3) is 0.286. The van der Waals surface area contributed by atoms with Crippen molar-refractivity contribution in [3.63, 3.8) is 0 Å². The summed E-state index contributed by atoms with van der Waals surface area (Å²) in [5, 5.41) is 8.82. The van der Waals surface area contributed by atoms with Crippen LogP contribution in [0.1, 0.15) is 12.8 Å². The first-order chi connectivity index (χ1) is 9.22. The number of piperidine rings is 1. The molecule has 1 unspecified atom stereocenters. The molecule has 1 saturated heterocycles. The van der Waals surface area contributed by atoms with Crippen molar-refractivity contribution in [2.75, 3.05) is 11.9 Å². The van der Waals surface area contributed by atoms with Crippen molar-refractivity contribution in [2.45, 2.75) is 12.8 Å². The fourth-order valence-electron chi connectivity index (χ4n) is 2.25. The van der Waals surface area contributed by atoms with E-state index in [1.54, 1.807) is 11.3 Å². The molecule has 1 aromatic heterocycles. The first-order valence-electron chi connectivity index (χ1n) is 6.27. The third-order valence-corrected chi connectivity index (χ3v) is 4.25. The topological polar surface area (TPSA) is 58.2 Å². The van der Waals surface area contributed by atoms with Crippen LogP contribution < -0.4 is 10.6 Å². The summed E-state index contributed by atoms with van der Waals surface area (Å²) in [4.78, 5) is 23.2. The Morgan fingerprint density at radius 1 is 1.37 bits per heavy atom. The maximum absolute atomic E-state index is 12.1. The first kappa shape index (κ1) is 12.2. The largest absolute Gasteiger partial charge is 0.355 e. The van der Waals surface area contributed by atoms with E-state index in [2.05, 4.69) is 10.6 Å². The average molecular weight is 274 g/mol. The number of hydrogen-bond acceptors (Lipinski definition) is 3. The molecule has 3 rings (SSSR count). The van der Waals surface area contributed by atoms with Crippen molar-refractivity contribution in [1.29, 1.82) is 0 Å². The van der Waals surface area contributed by atoms with Crippen LogP contribution in [0.25, 0.3) is 10.1 Å². The molecule has 0 bridgehead atoms. The summed E-state index contributed by atoms with van der Waals surface area (Å²) < 4.78 is 1.21. The maximum Gasteiger partial charge on any atom is 0.229 e. The van der Waals surface area contributed by atoms with Gasteiger partial charge in [0.15, 0.2) is 0 Å². The second-order valence-electron chi connectivity index (χ2n) is 4.70. The Labute approximate surface area is 114 Å². The van der Waals surface area contributed by atoms with Crippen LogP contribution in [0.5, 0.6) is 0 Å². The van der Waals surface area contributed by atoms with Gasteiger partial charge in [0, 0.05) is 23.4 Å². The quantitative estimate of drug-likeness (QED) is 0.883. The molecule has 0 saturated carbocycles. The van der Waals surface area contributed by atoms with Crippen molar-refractivity contribution in [3.05, 3.63) is 29.6 Å². The van der Waals surface area contributed by atoms with Crippen molar-refractivity contribution in [3.8, 4) is 0 Å². The van der Waals surface area contributed by atoms with Gasteiger partial charge in [-0.2, -0.15) is 0 Å². The zero-order valence-corrected chi connectivity index (χ0v) is 11.1. The highest BCUT2D eigenvalue weighted by molar-refractivity contribution is 7.17. The molecule has 0 radical (unpaired) electrons. The Bertz CT molecular complexity index is 625. The molecule has 2 N–H and O–H groups in total. The van der Waals surface area contributed by atoms with Gasteiger partial charge < -0.3 is 10.6 Å². The van der Waals surface area contributed by atoms with E-state index in [0.29, 0.717) is 19.4 Å². The molecule has 2 aromatic rings. The summed E-state index contributed by atoms with van der Waals surface area (Å²) >= 11 is 1.68. The lowest BCUT2D eigenvalue weighted by Crippen LogP contribution is -2.40. The molecule has 1 aromatic carbocycles. The van der Waals surface area contributed by atoms with Gasteiger partial charge in [0.25, 0.3) is 0 Å². The Kier molecular flexibility index (Phi) is 3.21. The molecule has 1 fully saturated rings. The number of hydrogen-bond donors (Lipinski definition) is 2. The van der Waals surface area contributed by atoms with Crippen LogP contribution in [0.2, 0.25) is 0 Å². The number of rotatable bonds is 2. The van der Waals surface area contributed by atoms with Crippen LogP contribution in [0.15, 0.2) is 29.6 Å². The number of benzene rings is 1. The van der Waals surface area contributed by atoms with E-state index in [4.69, 9.17) is 0 Å². The molecule has 5 heteroatoms. The standard InChI is InChI=1S/C14H14N2O2S/c17-13-4-1-10(8-15-13)14(18)16-11-2-3-12-9(7-11)5-6-19-12/h2-3,5-7,10H,1,4,8H2,(H,15,17)(H,16,18). The molecule has 2 amide bonds. The van der Waals surface area contributed by atoms with Gasteiger partial charge in [0.2, 0.25) is 11.8 Å². The molecular formula is C14H14N2O2S. The Balaban J connectivity index is 1.70. The second-order valence-corrected chi connectivity index (χ2v) is 5.65. The van der Waals surface area contributed by atoms with Gasteiger partial charge in [0.05, 0.1) is 5.92 Å². The SMILES string of the molecule is O=C1CCC(C(=O)Nc2ccc3sccc3c2)CN1. The van der Waals surface area contributed by atoms with Gasteiger partial charge in [-0.15, -0.1) is 11.3 Å². The van der Waals surface area contributed by atoms with Gasteiger partial charge in [-0.25, -0.2) is 0 Å². The van der Waals surface area contributed by atoms with E-state index in [1.807, 2.05) is 29.6 Å². The number of carbonyl (C=O) groups is 2. The van der Waals surface area contributed by atoms with Crippen LogP contribution in [0, 0.1) is 5.92 Å². The van der Waals surface area contributed by atoms with E-state index in [0.717, 1.165) is 11.1 Å². The first-order valence-corrected chi connectivity index (χ1v) is 7.15. The van der Waals surface area contributed by atoms with Crippen LogP contribution in [-0.4, -0.2) is 18.4 Å². The summed E-state index contributed by atoms with van der Waals surface area (Å²) in [7, 11) is 0. The van der Waals surface area contributed by atoms with Crippen molar-refractivity contribution in [1.82, 2.24) is 5.32 Å². The molecule has 4 nitrogen and oxygen atoms in total. The Morgan fingerprint density at radius 2 is 2.26 bits per heavy atom. The van der Waals surface area contributed by atoms with Gasteiger partial charge in [-0.3, -0.25) is 9.59 Å². The minimum absolute atomic E-state index is 0.0189. The molecular weight excluding hydrogens is 260 g/mol. The summed E-state index contributed by atoms with van der Waals surface area (Å²) in [6.07, 6.45) is 1.06. The molecule has 0 spiro atoms. The fourth-order valence-corrected chi connectivity index (χ4v) is 3.02. The number of nitrogens with one attached hydrogen (secondary N) is 2. The van der Waals surface area contributed by atoms with Gasteiger partial charge >= 0.3 is 0 Å². The Morgan fingerprint density at radius 3 is 3.05 bits per heavy atom. The van der Waals surface area contributed by atoms with E-state index in [-0.39, 0.29) is 17.7 Å². The normalized spacial score (nSPS) is 19.2. The van der Waals surface area contributed by atoms with E-state index < -0.39 is 0 Å². The number of amides is 2. The predicted molar refractivity (Wildman–Crippen MR) is 76.2 cm³/mol. The van der Waals surface area contributed by atoms with E-state index in [9.17, 15) is 9.59 Å². The van der Waals surface area contributed by atoms with Crippen molar-refractivity contribution < 1.29 is 9.59 Å². The lowest BCUT2D eigenvalue weighted by atomic mass is 9.98. The van der Waals surface area contributed by atoms with Crippen LogP contribution in [-0.2, 0) is 9.59 Å². The van der Waals surface area contributed by atoms with Crippen molar-refractivity contribution in [2.24, 2.45) is 5.92 Å². The van der Waals surface area contributed by atoms with Gasteiger partial charge in [-0.1, -0.05) is 0 Å². The lowest BCUT2D eigenvalue weighted by Gasteiger charge is -2.21. The maximum atomic E-state index is 12.1. The van der Waals surface area contributed by atoms with Crippen LogP contribution in [0.4, 0.5) is 5.69 Å². The monoisotopic (exact) mass is 274 g/mol. The predicted octanol–water partition coefficient (Wildman–Crippen LogP) is 2.37. The molecule has 1 aliphatic heterocycles. The third-order valence-electron chi connectivity index (χ3n) is 3.36. The minimum Gasteiger partial charge on any atom is -0.355 e. The smallest absolute Gasteiger partial charge is 0.229 e. The van der Waals surface area contributed by atoms with E-state index in [1.165, 1.54) is 4.70 Å². The summed E-state index contributed by atoms with van der Waals surface area (Å²) in [6.45, 7) is 0.436. The minimum atomic E-state index is -0.129. The molecule has 1 atom stereocenters. The highest BCUT2D eigenvalue weighted by Crippen LogP contribution is 2.24. The molecule has 1 aliphatic rings. The number of carbonyl (C=O) groups excluding carboxylic acids is 2. The number of thiophene rings is 1. The van der Waals surface area contributed by atoms with Gasteiger partial charge in [0.1, 0.15) is 0 Å². The molecule has 98 valence electrons. The number of fused-ring (bicyclic) bond motifs is 1. The van der Waals surface area contributed by atoms with Crippen molar-refractivity contribution >= 4 is 38.9 Å².